The lowest BCUT2D eigenvalue weighted by atomic mass is 10.3. The summed E-state index contributed by atoms with van der Waals surface area (Å²) < 4.78 is 0.00167. The van der Waals surface area contributed by atoms with E-state index in [0.29, 0.717) is 0 Å². The number of carbonyl (C=O) groups is 1. The van der Waals surface area contributed by atoms with Gasteiger partial charge in [0.2, 0.25) is 0 Å². The zero-order valence-corrected chi connectivity index (χ0v) is 7.89. The Hall–Kier alpha value is -0.980. The lowest BCUT2D eigenvalue weighted by molar-refractivity contribution is -0.384. The molecule has 1 aromatic heterocycles. The fourth-order valence-electron chi connectivity index (χ4n) is 0.722. The molecule has 0 unspecified atom stereocenters. The van der Waals surface area contributed by atoms with Gasteiger partial charge >= 0.3 is 0 Å². The monoisotopic (exact) mass is 220 g/mol. The summed E-state index contributed by atoms with van der Waals surface area (Å²) in [5.74, 6) is -0.347. The van der Waals surface area contributed by atoms with Crippen molar-refractivity contribution in [3.05, 3.63) is 25.4 Å². The molecule has 0 amide bonds. The number of carbonyl (C=O) groups excluding carboxylic acids is 1. The van der Waals surface area contributed by atoms with Crippen LogP contribution in [0.1, 0.15) is 9.67 Å². The van der Waals surface area contributed by atoms with E-state index in [-0.39, 0.29) is 27.2 Å². The summed E-state index contributed by atoms with van der Waals surface area (Å²) in [5, 5.41) is 10.3. The van der Waals surface area contributed by atoms with Crippen molar-refractivity contribution in [2.45, 2.75) is 0 Å². The summed E-state index contributed by atoms with van der Waals surface area (Å²) in [6.45, 7) is -0.173. The van der Waals surface area contributed by atoms with Crippen molar-refractivity contribution >= 4 is 34.4 Å². The number of nitro groups is 1. The van der Waals surface area contributed by atoms with Gasteiger partial charge in [0.15, 0.2) is 10.1 Å². The number of nitrogens with zero attached hydrogens (tertiary/aromatic N) is 1. The molecule has 0 radical (unpaired) electrons. The van der Waals surface area contributed by atoms with E-state index in [2.05, 4.69) is 0 Å². The van der Waals surface area contributed by atoms with Crippen molar-refractivity contribution < 1.29 is 9.72 Å². The van der Waals surface area contributed by atoms with Gasteiger partial charge in [0.25, 0.3) is 5.69 Å². The molecule has 0 saturated heterocycles. The normalized spacial score (nSPS) is 10.0. The maximum absolute atomic E-state index is 11.0. The highest BCUT2D eigenvalue weighted by molar-refractivity contribution is 7.18. The van der Waals surface area contributed by atoms with Gasteiger partial charge < -0.3 is 5.73 Å². The van der Waals surface area contributed by atoms with Gasteiger partial charge in [0, 0.05) is 6.07 Å². The third-order valence-electron chi connectivity index (χ3n) is 1.33. The van der Waals surface area contributed by atoms with E-state index >= 15 is 0 Å². The molecule has 1 heterocycles. The molecular weight excluding hydrogens is 216 g/mol. The molecule has 0 spiro atoms. The van der Waals surface area contributed by atoms with Gasteiger partial charge in [0.1, 0.15) is 0 Å². The topological polar surface area (TPSA) is 86.2 Å². The molecule has 2 N–H and O–H groups in total. The maximum atomic E-state index is 11.0. The fourth-order valence-corrected chi connectivity index (χ4v) is 1.89. The molecule has 0 saturated carbocycles. The number of rotatable bonds is 3. The Labute approximate surface area is 82.3 Å². The summed E-state index contributed by atoms with van der Waals surface area (Å²) in [5.41, 5.74) is 4.84. The lowest BCUT2D eigenvalue weighted by Gasteiger charge is -1.86. The second kappa shape index (κ2) is 3.82. The minimum Gasteiger partial charge on any atom is -0.324 e. The Morgan fingerprint density at radius 2 is 2.38 bits per heavy atom. The number of nitrogens with two attached hydrogens (primary N) is 1. The highest BCUT2D eigenvalue weighted by Gasteiger charge is 2.19. The van der Waals surface area contributed by atoms with Crippen molar-refractivity contribution in [3.8, 4) is 0 Å². The van der Waals surface area contributed by atoms with Crippen LogP contribution in [0.4, 0.5) is 5.69 Å². The van der Waals surface area contributed by atoms with Crippen LogP contribution in [0.2, 0.25) is 4.34 Å². The molecule has 0 aliphatic carbocycles. The zero-order chi connectivity index (χ0) is 10.0. The van der Waals surface area contributed by atoms with E-state index in [1.807, 2.05) is 0 Å². The second-order valence-electron chi connectivity index (χ2n) is 2.15. The largest absolute Gasteiger partial charge is 0.324 e. The molecule has 13 heavy (non-hydrogen) atoms. The van der Waals surface area contributed by atoms with Crippen molar-refractivity contribution in [1.29, 1.82) is 0 Å². The number of hydrogen-bond donors (Lipinski definition) is 1. The maximum Gasteiger partial charge on any atom is 0.299 e. The van der Waals surface area contributed by atoms with Crippen LogP contribution in [0.5, 0.6) is 0 Å². The molecule has 5 nitrogen and oxygen atoms in total. The summed E-state index contributed by atoms with van der Waals surface area (Å²) in [4.78, 5) is 20.9. The van der Waals surface area contributed by atoms with Crippen molar-refractivity contribution in [3.63, 3.8) is 0 Å². The smallest absolute Gasteiger partial charge is 0.299 e. The van der Waals surface area contributed by atoms with E-state index in [1.54, 1.807) is 0 Å². The molecule has 0 bridgehead atoms. The Morgan fingerprint density at radius 3 is 2.77 bits per heavy atom. The number of thiophene rings is 1. The van der Waals surface area contributed by atoms with Crippen molar-refractivity contribution in [2.24, 2.45) is 5.73 Å². The summed E-state index contributed by atoms with van der Waals surface area (Å²) in [6.07, 6.45) is 0. The Bertz CT molecular complexity index is 363. The first-order valence-electron chi connectivity index (χ1n) is 3.23. The van der Waals surface area contributed by atoms with Crippen LogP contribution in [-0.2, 0) is 0 Å². The van der Waals surface area contributed by atoms with E-state index < -0.39 is 4.92 Å². The van der Waals surface area contributed by atoms with Gasteiger partial charge in [-0.2, -0.15) is 0 Å². The molecule has 0 fully saturated rings. The van der Waals surface area contributed by atoms with Gasteiger partial charge in [-0.15, -0.1) is 11.3 Å². The average molecular weight is 221 g/mol. The zero-order valence-electron chi connectivity index (χ0n) is 6.32. The van der Waals surface area contributed by atoms with Gasteiger partial charge in [0.05, 0.1) is 16.3 Å². The predicted molar refractivity (Wildman–Crippen MR) is 49.4 cm³/mol. The van der Waals surface area contributed by atoms with E-state index in [1.165, 1.54) is 0 Å². The lowest BCUT2D eigenvalue weighted by Crippen LogP contribution is -2.11. The summed E-state index contributed by atoms with van der Waals surface area (Å²) in [7, 11) is 0. The van der Waals surface area contributed by atoms with E-state index in [4.69, 9.17) is 17.3 Å². The van der Waals surface area contributed by atoms with Crippen LogP contribution in [0.25, 0.3) is 0 Å². The summed E-state index contributed by atoms with van der Waals surface area (Å²) in [6, 6.07) is 1.14. The first kappa shape index (κ1) is 10.1. The van der Waals surface area contributed by atoms with Crippen LogP contribution >= 0.6 is 22.9 Å². The molecule has 1 aromatic rings. The quantitative estimate of drug-likeness (QED) is 0.475. The van der Waals surface area contributed by atoms with Crippen LogP contribution in [0.15, 0.2) is 6.07 Å². The summed E-state index contributed by atoms with van der Waals surface area (Å²) >= 11 is 6.39. The third kappa shape index (κ3) is 2.03. The highest BCUT2D eigenvalue weighted by Crippen LogP contribution is 2.33. The van der Waals surface area contributed by atoms with Gasteiger partial charge in [-0.05, 0) is 0 Å². The highest BCUT2D eigenvalue weighted by atomic mass is 35.5. The minimum atomic E-state index is -0.633. The van der Waals surface area contributed by atoms with Crippen molar-refractivity contribution in [1.82, 2.24) is 0 Å². The molecule has 0 aliphatic rings. The Morgan fingerprint density at radius 1 is 1.77 bits per heavy atom. The SMILES string of the molecule is NCC(=O)c1cc([N+](=O)[O-])c(Cl)s1. The number of hydrogen-bond acceptors (Lipinski definition) is 5. The third-order valence-corrected chi connectivity index (χ3v) is 2.70. The standard InChI is InChI=1S/C6H5ClN2O3S/c7-6-3(9(11)12)1-5(13-6)4(10)2-8/h1H,2,8H2. The van der Waals surface area contributed by atoms with Crippen molar-refractivity contribution in [2.75, 3.05) is 6.54 Å². The number of halogens is 1. The van der Waals surface area contributed by atoms with Crippen LogP contribution in [0.3, 0.4) is 0 Å². The first-order valence-corrected chi connectivity index (χ1v) is 4.42. The molecular formula is C6H5ClN2O3S. The van der Waals surface area contributed by atoms with E-state index in [0.717, 1.165) is 17.4 Å². The van der Waals surface area contributed by atoms with Crippen LogP contribution in [0, 0.1) is 10.1 Å². The fraction of sp³-hybridized carbons (Fsp3) is 0.167. The van der Waals surface area contributed by atoms with Crippen LogP contribution in [-0.4, -0.2) is 17.3 Å². The van der Waals surface area contributed by atoms with Gasteiger partial charge in [-0.3, -0.25) is 14.9 Å². The molecule has 1 rings (SSSR count). The minimum absolute atomic E-state index is 0.00167. The Kier molecular flexibility index (Phi) is 2.97. The second-order valence-corrected chi connectivity index (χ2v) is 3.81. The average Bonchev–Trinajstić information content (AvgIpc) is 2.46. The van der Waals surface area contributed by atoms with Gasteiger partial charge in [-0.25, -0.2) is 0 Å². The first-order chi connectivity index (χ1) is 6.06. The molecule has 0 aromatic carbocycles. The number of Topliss-reactive ketones (excluding diaryl/α,β-unsaturated/α-hetero) is 1. The van der Waals surface area contributed by atoms with Crippen LogP contribution < -0.4 is 5.73 Å². The molecule has 7 heteroatoms. The van der Waals surface area contributed by atoms with Gasteiger partial charge in [-0.1, -0.05) is 11.6 Å². The number of ketones is 1. The molecule has 0 atom stereocenters. The predicted octanol–water partition coefficient (Wildman–Crippen LogP) is 1.45. The molecule has 70 valence electrons. The van der Waals surface area contributed by atoms with E-state index in [9.17, 15) is 14.9 Å². The Balaban J connectivity index is 3.09. The molecule has 0 aliphatic heterocycles.